The molecule has 0 atom stereocenters. The molecule has 1 aromatic heterocycles. The molecule has 0 N–H and O–H groups in total. The third-order valence-corrected chi connectivity index (χ3v) is 2.92. The molecule has 1 heterocycles. The van der Waals surface area contributed by atoms with E-state index in [4.69, 9.17) is 4.74 Å². The van der Waals surface area contributed by atoms with E-state index in [2.05, 4.69) is 10.3 Å². The van der Waals surface area contributed by atoms with Gasteiger partial charge in [-0.2, -0.15) is 13.2 Å². The second kappa shape index (κ2) is 7.06. The van der Waals surface area contributed by atoms with Gasteiger partial charge in [-0.05, 0) is 25.0 Å². The molecule has 22 heavy (non-hydrogen) atoms. The Morgan fingerprint density at radius 1 is 1.18 bits per heavy atom. The second-order valence-corrected chi connectivity index (χ2v) is 4.53. The van der Waals surface area contributed by atoms with Gasteiger partial charge in [-0.1, -0.05) is 23.4 Å². The number of halogens is 3. The Hall–Kier alpha value is -2.38. The number of unbranched alkanes of at least 4 members (excludes halogenated alkanes) is 1. The van der Waals surface area contributed by atoms with Crippen molar-refractivity contribution in [3.8, 4) is 5.75 Å². The van der Waals surface area contributed by atoms with Gasteiger partial charge in [-0.15, -0.1) is 5.10 Å². The topological polar surface area (TPSA) is 57.0 Å². The molecule has 0 amide bonds. The zero-order valence-electron chi connectivity index (χ0n) is 11.6. The molecule has 0 saturated carbocycles. The quantitative estimate of drug-likeness (QED) is 0.582. The number of para-hydroxylation sites is 1. The van der Waals surface area contributed by atoms with Gasteiger partial charge in [-0.3, -0.25) is 4.79 Å². The summed E-state index contributed by atoms with van der Waals surface area (Å²) >= 11 is 0. The highest BCUT2D eigenvalue weighted by molar-refractivity contribution is 5.73. The largest absolute Gasteiger partial charge is 0.494 e. The van der Waals surface area contributed by atoms with Crippen molar-refractivity contribution in [3.63, 3.8) is 0 Å². The predicted molar refractivity (Wildman–Crippen MR) is 71.6 cm³/mol. The minimum absolute atomic E-state index is 0.0217. The van der Waals surface area contributed by atoms with Crippen LogP contribution in [0, 0.1) is 0 Å². The molecule has 0 bridgehead atoms. The van der Waals surface area contributed by atoms with Gasteiger partial charge in [-0.25, -0.2) is 4.68 Å². The Labute approximate surface area is 124 Å². The average molecular weight is 313 g/mol. The van der Waals surface area contributed by atoms with Gasteiger partial charge in [0.1, 0.15) is 5.75 Å². The smallest absolute Gasteiger partial charge is 0.435 e. The van der Waals surface area contributed by atoms with Crippen molar-refractivity contribution in [1.82, 2.24) is 15.0 Å². The molecule has 0 saturated heterocycles. The fourth-order valence-corrected chi connectivity index (χ4v) is 1.92. The van der Waals surface area contributed by atoms with Crippen LogP contribution < -0.4 is 4.74 Å². The van der Waals surface area contributed by atoms with Crippen molar-refractivity contribution in [2.75, 3.05) is 6.61 Å². The summed E-state index contributed by atoms with van der Waals surface area (Å²) in [5, 5.41) is 6.63. The third kappa shape index (κ3) is 4.06. The first kappa shape index (κ1) is 16.0. The summed E-state index contributed by atoms with van der Waals surface area (Å²) < 4.78 is 44.7. The second-order valence-electron chi connectivity index (χ2n) is 4.53. The summed E-state index contributed by atoms with van der Waals surface area (Å²) in [7, 11) is 0. The van der Waals surface area contributed by atoms with Gasteiger partial charge in [0, 0.05) is 6.54 Å². The van der Waals surface area contributed by atoms with E-state index in [0.29, 0.717) is 29.9 Å². The van der Waals surface area contributed by atoms with Crippen LogP contribution >= 0.6 is 0 Å². The lowest BCUT2D eigenvalue weighted by atomic mass is 10.3. The number of ether oxygens (including phenoxy) is 1. The van der Waals surface area contributed by atoms with E-state index in [0.717, 1.165) is 0 Å². The summed E-state index contributed by atoms with van der Waals surface area (Å²) in [6.45, 7) is 0.411. The number of hydrogen-bond donors (Lipinski definition) is 0. The number of carbonyl (C=O) groups excluding carboxylic acids is 1. The highest BCUT2D eigenvalue weighted by Gasteiger charge is 2.39. The molecule has 5 nitrogen and oxygen atoms in total. The highest BCUT2D eigenvalue weighted by atomic mass is 19.4. The van der Waals surface area contributed by atoms with Crippen LogP contribution in [-0.4, -0.2) is 27.9 Å². The first-order valence-corrected chi connectivity index (χ1v) is 6.66. The zero-order chi connectivity index (χ0) is 16.0. The van der Waals surface area contributed by atoms with Crippen LogP contribution in [0.5, 0.6) is 5.75 Å². The maximum atomic E-state index is 12.8. The number of benzene rings is 1. The summed E-state index contributed by atoms with van der Waals surface area (Å²) in [6.07, 6.45) is -3.61. The van der Waals surface area contributed by atoms with E-state index < -0.39 is 17.6 Å². The summed E-state index contributed by atoms with van der Waals surface area (Å²) in [5.74, 6) is 0.711. The van der Waals surface area contributed by atoms with E-state index in [1.54, 1.807) is 12.1 Å². The number of alkyl halides is 3. The number of aldehydes is 1. The van der Waals surface area contributed by atoms with Crippen LogP contribution in [0.15, 0.2) is 30.3 Å². The average Bonchev–Trinajstić information content (AvgIpc) is 2.91. The Morgan fingerprint density at radius 2 is 1.91 bits per heavy atom. The molecule has 0 unspecified atom stereocenters. The molecular weight excluding hydrogens is 299 g/mol. The Kier molecular flexibility index (Phi) is 5.13. The zero-order valence-corrected chi connectivity index (χ0v) is 11.6. The minimum atomic E-state index is -4.65. The fourth-order valence-electron chi connectivity index (χ4n) is 1.92. The van der Waals surface area contributed by atoms with Gasteiger partial charge in [0.2, 0.25) is 0 Å². The fraction of sp³-hybridized carbons (Fsp3) is 0.357. The van der Waals surface area contributed by atoms with Crippen LogP contribution in [0.4, 0.5) is 13.2 Å². The lowest BCUT2D eigenvalue weighted by Crippen LogP contribution is -2.17. The van der Waals surface area contributed by atoms with Crippen molar-refractivity contribution in [2.45, 2.75) is 25.6 Å². The number of aromatic nitrogens is 3. The van der Waals surface area contributed by atoms with Crippen LogP contribution in [0.25, 0.3) is 0 Å². The first-order valence-electron chi connectivity index (χ1n) is 6.66. The molecule has 0 spiro atoms. The maximum absolute atomic E-state index is 12.8. The predicted octanol–water partition coefficient (Wildman–Crippen LogP) is 2.97. The number of carbonyl (C=O) groups is 1. The van der Waals surface area contributed by atoms with E-state index in [9.17, 15) is 18.0 Å². The monoisotopic (exact) mass is 313 g/mol. The standard InChI is InChI=1S/C14H14F3N3O2/c15-14(16,17)13-12(10-21)18-19-20(13)8-4-5-9-22-11-6-2-1-3-7-11/h1-3,6-7,10H,4-5,8-9H2. The molecule has 1 aromatic carbocycles. The maximum Gasteiger partial charge on any atom is 0.435 e. The van der Waals surface area contributed by atoms with Crippen LogP contribution in [0.1, 0.15) is 29.0 Å². The highest BCUT2D eigenvalue weighted by Crippen LogP contribution is 2.30. The molecule has 0 radical (unpaired) electrons. The molecule has 0 aliphatic carbocycles. The molecule has 0 aliphatic rings. The van der Waals surface area contributed by atoms with Gasteiger partial charge >= 0.3 is 6.18 Å². The Balaban J connectivity index is 1.85. The molecule has 2 rings (SSSR count). The van der Waals surface area contributed by atoms with Gasteiger partial charge in [0.25, 0.3) is 0 Å². The summed E-state index contributed by atoms with van der Waals surface area (Å²) in [4.78, 5) is 10.6. The number of aryl methyl sites for hydroxylation is 1. The Bertz CT molecular complexity index is 612. The van der Waals surface area contributed by atoms with Gasteiger partial charge < -0.3 is 4.74 Å². The summed E-state index contributed by atoms with van der Waals surface area (Å²) in [6, 6.07) is 9.13. The molecule has 118 valence electrons. The van der Waals surface area contributed by atoms with Gasteiger partial charge in [0.05, 0.1) is 6.61 Å². The molecular formula is C14H14F3N3O2. The first-order chi connectivity index (χ1) is 10.5. The van der Waals surface area contributed by atoms with Crippen molar-refractivity contribution in [2.24, 2.45) is 0 Å². The molecule has 2 aromatic rings. The normalized spacial score (nSPS) is 11.4. The minimum Gasteiger partial charge on any atom is -0.494 e. The number of hydrogen-bond acceptors (Lipinski definition) is 4. The third-order valence-electron chi connectivity index (χ3n) is 2.92. The molecule has 0 aliphatic heterocycles. The molecule has 0 fully saturated rings. The lowest BCUT2D eigenvalue weighted by Gasteiger charge is -2.10. The van der Waals surface area contributed by atoms with E-state index in [1.807, 2.05) is 18.2 Å². The SMILES string of the molecule is O=Cc1nnn(CCCCOc2ccccc2)c1C(F)(F)F. The van der Waals surface area contributed by atoms with Crippen LogP contribution in [0.3, 0.4) is 0 Å². The van der Waals surface area contributed by atoms with Crippen LogP contribution in [0.2, 0.25) is 0 Å². The number of rotatable bonds is 7. The number of nitrogens with zero attached hydrogens (tertiary/aromatic N) is 3. The Morgan fingerprint density at radius 3 is 2.55 bits per heavy atom. The van der Waals surface area contributed by atoms with Crippen molar-refractivity contribution in [3.05, 3.63) is 41.7 Å². The van der Waals surface area contributed by atoms with Crippen molar-refractivity contribution >= 4 is 6.29 Å². The summed E-state index contributed by atoms with van der Waals surface area (Å²) in [5.41, 5.74) is -1.79. The van der Waals surface area contributed by atoms with Crippen molar-refractivity contribution < 1.29 is 22.7 Å². The molecule has 8 heteroatoms. The van der Waals surface area contributed by atoms with E-state index in [1.165, 1.54) is 0 Å². The van der Waals surface area contributed by atoms with Gasteiger partial charge in [0.15, 0.2) is 17.7 Å². The van der Waals surface area contributed by atoms with Crippen molar-refractivity contribution in [1.29, 1.82) is 0 Å². The van der Waals surface area contributed by atoms with E-state index >= 15 is 0 Å². The van der Waals surface area contributed by atoms with Crippen LogP contribution in [-0.2, 0) is 12.7 Å². The van der Waals surface area contributed by atoms with E-state index in [-0.39, 0.29) is 12.8 Å². The lowest BCUT2D eigenvalue weighted by molar-refractivity contribution is -0.144.